The van der Waals surface area contributed by atoms with Gasteiger partial charge in [-0.05, 0) is 37.3 Å². The van der Waals surface area contributed by atoms with E-state index in [0.717, 1.165) is 35.9 Å². The molecule has 1 saturated heterocycles. The molecule has 22 heavy (non-hydrogen) atoms. The van der Waals surface area contributed by atoms with Crippen LogP contribution in [0.3, 0.4) is 0 Å². The minimum Gasteiger partial charge on any atom is -0.358 e. The normalized spacial score (nSPS) is 22.3. The highest BCUT2D eigenvalue weighted by Crippen LogP contribution is 2.29. The van der Waals surface area contributed by atoms with Crippen LogP contribution in [0.15, 0.2) is 24.3 Å². The molecule has 2 aliphatic rings. The van der Waals surface area contributed by atoms with E-state index in [1.54, 1.807) is 11.8 Å². The van der Waals surface area contributed by atoms with Crippen molar-refractivity contribution in [1.82, 2.24) is 4.90 Å². The predicted molar refractivity (Wildman–Crippen MR) is 97.4 cm³/mol. The number of benzene rings is 1. The number of nitrogens with zero attached hydrogens (tertiary/aromatic N) is 1. The lowest BCUT2D eigenvalue weighted by atomic mass is 10.1. The van der Waals surface area contributed by atoms with E-state index in [4.69, 9.17) is 12.2 Å². The molecule has 1 atom stereocenters. The van der Waals surface area contributed by atoms with Gasteiger partial charge >= 0.3 is 0 Å². The molecule has 0 saturated carbocycles. The number of fused-ring (bicyclic) bond motifs is 1. The highest BCUT2D eigenvalue weighted by Gasteiger charge is 2.26. The predicted octanol–water partition coefficient (Wildman–Crippen LogP) is 3.83. The van der Waals surface area contributed by atoms with Gasteiger partial charge in [0.05, 0.1) is 5.25 Å². The maximum absolute atomic E-state index is 12.5. The molecule has 118 valence electrons. The number of hydrogen-bond acceptors (Lipinski definition) is 3. The number of para-hydroxylation sites is 1. The van der Waals surface area contributed by atoms with Crippen LogP contribution in [0.2, 0.25) is 0 Å². The zero-order valence-corrected chi connectivity index (χ0v) is 14.3. The van der Waals surface area contributed by atoms with Crippen molar-refractivity contribution in [3.63, 3.8) is 0 Å². The Kier molecular flexibility index (Phi) is 5.37. The van der Waals surface area contributed by atoms with E-state index in [2.05, 4.69) is 16.3 Å². The largest absolute Gasteiger partial charge is 0.358 e. The van der Waals surface area contributed by atoms with Crippen LogP contribution in [0.25, 0.3) is 0 Å². The second-order valence-electron chi connectivity index (χ2n) is 5.96. The minimum atomic E-state index is -0.0804. The monoisotopic (exact) mass is 334 g/mol. The van der Waals surface area contributed by atoms with Crippen molar-refractivity contribution in [2.24, 2.45) is 0 Å². The van der Waals surface area contributed by atoms with Crippen molar-refractivity contribution in [3.05, 3.63) is 29.8 Å². The van der Waals surface area contributed by atoms with E-state index < -0.39 is 0 Å². The number of nitrogens with one attached hydrogen (secondary N) is 1. The SMILES string of the molecule is O=C1Nc2ccccc2CCC1SC(=S)N1CCCCCC1. The molecular weight excluding hydrogens is 312 g/mol. The van der Waals surface area contributed by atoms with Gasteiger partial charge < -0.3 is 10.2 Å². The van der Waals surface area contributed by atoms with Gasteiger partial charge in [0, 0.05) is 18.8 Å². The Labute approximate surface area is 141 Å². The van der Waals surface area contributed by atoms with Crippen molar-refractivity contribution in [1.29, 1.82) is 0 Å². The number of rotatable bonds is 1. The third kappa shape index (κ3) is 3.82. The number of hydrogen-bond donors (Lipinski definition) is 1. The van der Waals surface area contributed by atoms with Crippen molar-refractivity contribution >= 4 is 39.9 Å². The molecular formula is C17H22N2OS2. The lowest BCUT2D eigenvalue weighted by Crippen LogP contribution is -2.32. The minimum absolute atomic E-state index is 0.0804. The molecule has 1 fully saturated rings. The summed E-state index contributed by atoms with van der Waals surface area (Å²) in [5.74, 6) is 0.0899. The number of thiocarbonyl (C=S) groups is 1. The van der Waals surface area contributed by atoms with Gasteiger partial charge in [0.1, 0.15) is 4.32 Å². The summed E-state index contributed by atoms with van der Waals surface area (Å²) in [7, 11) is 0. The Balaban J connectivity index is 1.63. The topological polar surface area (TPSA) is 32.3 Å². The molecule has 1 unspecified atom stereocenters. The zero-order valence-electron chi connectivity index (χ0n) is 12.7. The summed E-state index contributed by atoms with van der Waals surface area (Å²) >= 11 is 7.18. The lowest BCUT2D eigenvalue weighted by Gasteiger charge is -2.24. The van der Waals surface area contributed by atoms with E-state index in [1.165, 1.54) is 31.2 Å². The van der Waals surface area contributed by atoms with Gasteiger partial charge in [-0.1, -0.05) is 55.0 Å². The van der Waals surface area contributed by atoms with Crippen molar-refractivity contribution in [2.45, 2.75) is 43.8 Å². The Hall–Kier alpha value is -1.07. The summed E-state index contributed by atoms with van der Waals surface area (Å²) in [4.78, 5) is 14.7. The molecule has 0 aromatic heterocycles. The van der Waals surface area contributed by atoms with Gasteiger partial charge in [0.15, 0.2) is 0 Å². The Morgan fingerprint density at radius 1 is 1.18 bits per heavy atom. The molecule has 1 amide bonds. The van der Waals surface area contributed by atoms with Crippen LogP contribution in [0.5, 0.6) is 0 Å². The smallest absolute Gasteiger partial charge is 0.237 e. The molecule has 3 nitrogen and oxygen atoms in total. The molecule has 1 aromatic carbocycles. The molecule has 5 heteroatoms. The van der Waals surface area contributed by atoms with Gasteiger partial charge in [-0.25, -0.2) is 0 Å². The maximum atomic E-state index is 12.5. The number of anilines is 1. The van der Waals surface area contributed by atoms with Crippen LogP contribution in [0.1, 0.15) is 37.7 Å². The fourth-order valence-electron chi connectivity index (χ4n) is 3.05. The average molecular weight is 335 g/mol. The quantitative estimate of drug-likeness (QED) is 0.791. The molecule has 0 aliphatic carbocycles. The molecule has 1 N–H and O–H groups in total. The molecule has 0 spiro atoms. The van der Waals surface area contributed by atoms with Gasteiger partial charge in [-0.2, -0.15) is 0 Å². The van der Waals surface area contributed by atoms with Crippen LogP contribution < -0.4 is 5.32 Å². The van der Waals surface area contributed by atoms with Gasteiger partial charge in [0.2, 0.25) is 5.91 Å². The van der Waals surface area contributed by atoms with Crippen LogP contribution in [0, 0.1) is 0 Å². The highest BCUT2D eigenvalue weighted by molar-refractivity contribution is 8.23. The van der Waals surface area contributed by atoms with E-state index in [-0.39, 0.29) is 11.2 Å². The second-order valence-corrected chi connectivity index (χ2v) is 7.80. The summed E-state index contributed by atoms with van der Waals surface area (Å²) in [6.45, 7) is 2.08. The van der Waals surface area contributed by atoms with Crippen molar-refractivity contribution < 1.29 is 4.79 Å². The van der Waals surface area contributed by atoms with E-state index in [9.17, 15) is 4.79 Å². The number of thioether (sulfide) groups is 1. The highest BCUT2D eigenvalue weighted by atomic mass is 32.2. The molecule has 1 aromatic rings. The Morgan fingerprint density at radius 2 is 1.91 bits per heavy atom. The summed E-state index contributed by atoms with van der Waals surface area (Å²) in [5, 5.41) is 2.97. The molecule has 0 bridgehead atoms. The Bertz CT molecular complexity index is 553. The molecule has 3 rings (SSSR count). The Morgan fingerprint density at radius 3 is 2.68 bits per heavy atom. The van der Waals surface area contributed by atoms with Crippen LogP contribution in [-0.2, 0) is 11.2 Å². The van der Waals surface area contributed by atoms with E-state index >= 15 is 0 Å². The summed E-state index contributed by atoms with van der Waals surface area (Å²) in [6.07, 6.45) is 6.79. The lowest BCUT2D eigenvalue weighted by molar-refractivity contribution is -0.115. The fourth-order valence-corrected chi connectivity index (χ4v) is 4.56. The number of carbonyl (C=O) groups is 1. The second kappa shape index (κ2) is 7.47. The number of aryl methyl sites for hydroxylation is 1. The number of likely N-dealkylation sites (tertiary alicyclic amines) is 1. The molecule has 2 heterocycles. The van der Waals surface area contributed by atoms with Gasteiger partial charge in [0.25, 0.3) is 0 Å². The van der Waals surface area contributed by atoms with Gasteiger partial charge in [-0.3, -0.25) is 4.79 Å². The first-order valence-corrected chi connectivity index (χ1v) is 9.37. The van der Waals surface area contributed by atoms with Crippen LogP contribution in [-0.4, -0.2) is 33.5 Å². The van der Waals surface area contributed by atoms with Crippen LogP contribution >= 0.6 is 24.0 Å². The van der Waals surface area contributed by atoms with Crippen molar-refractivity contribution in [2.75, 3.05) is 18.4 Å². The average Bonchev–Trinajstić information content (AvgIpc) is 2.88. The van der Waals surface area contributed by atoms with E-state index in [1.807, 2.05) is 18.2 Å². The summed E-state index contributed by atoms with van der Waals surface area (Å²) in [5.41, 5.74) is 2.18. The van der Waals surface area contributed by atoms with Crippen LogP contribution in [0.4, 0.5) is 5.69 Å². The first-order valence-electron chi connectivity index (χ1n) is 8.08. The molecule has 0 radical (unpaired) electrons. The first kappa shape index (κ1) is 15.8. The third-order valence-corrected chi connectivity index (χ3v) is 6.09. The zero-order chi connectivity index (χ0) is 15.4. The van der Waals surface area contributed by atoms with Gasteiger partial charge in [-0.15, -0.1) is 0 Å². The third-order valence-electron chi connectivity index (χ3n) is 4.35. The van der Waals surface area contributed by atoms with Crippen molar-refractivity contribution in [3.8, 4) is 0 Å². The molecule has 2 aliphatic heterocycles. The number of amides is 1. The number of carbonyl (C=O) groups excluding carboxylic acids is 1. The first-order chi connectivity index (χ1) is 10.7. The summed E-state index contributed by atoms with van der Waals surface area (Å²) in [6, 6.07) is 8.07. The summed E-state index contributed by atoms with van der Waals surface area (Å²) < 4.78 is 0.896. The van der Waals surface area contributed by atoms with E-state index in [0.29, 0.717) is 0 Å². The maximum Gasteiger partial charge on any atom is 0.237 e. The standard InChI is InChI=1S/C17H22N2OS2/c20-16-15(10-9-13-7-3-4-8-14(13)18-16)22-17(21)19-11-5-1-2-6-12-19/h3-4,7-8,15H,1-2,5-6,9-12H2,(H,18,20). The fraction of sp³-hybridized carbons (Fsp3) is 0.529.